The van der Waals surface area contributed by atoms with Crippen LogP contribution in [0.3, 0.4) is 0 Å². The number of piperidine rings is 1. The first-order valence-electron chi connectivity index (χ1n) is 9.02. The van der Waals surface area contributed by atoms with Crippen molar-refractivity contribution in [3.63, 3.8) is 0 Å². The molecule has 0 unspecified atom stereocenters. The second-order valence-corrected chi connectivity index (χ2v) is 7.34. The van der Waals surface area contributed by atoms with E-state index in [1.165, 1.54) is 30.4 Å². The van der Waals surface area contributed by atoms with Gasteiger partial charge in [-0.15, -0.1) is 0 Å². The second-order valence-electron chi connectivity index (χ2n) is 7.34. The van der Waals surface area contributed by atoms with Crippen LogP contribution in [0.4, 0.5) is 0 Å². The normalized spacial score (nSPS) is 33.7. The molecule has 3 nitrogen and oxygen atoms in total. The quantitative estimate of drug-likeness (QED) is 0.943. The molecule has 4 atom stereocenters. The lowest BCUT2D eigenvalue weighted by Crippen LogP contribution is -2.48. The van der Waals surface area contributed by atoms with Crippen molar-refractivity contribution >= 4 is 0 Å². The predicted octanol–water partition coefficient (Wildman–Crippen LogP) is 3.13. The molecule has 124 valence electrons. The van der Waals surface area contributed by atoms with E-state index < -0.39 is 5.60 Å². The zero-order valence-corrected chi connectivity index (χ0v) is 13.7. The molecule has 3 heteroatoms. The van der Waals surface area contributed by atoms with Gasteiger partial charge >= 0.3 is 0 Å². The van der Waals surface area contributed by atoms with Gasteiger partial charge in [-0.3, -0.25) is 4.90 Å². The van der Waals surface area contributed by atoms with Crippen molar-refractivity contribution in [1.29, 1.82) is 0 Å². The molecular formula is C21H23NO2. The summed E-state index contributed by atoms with van der Waals surface area (Å²) in [5, 5.41) is 10.0. The number of aliphatic hydroxyl groups is 1. The number of hydrogen-bond acceptors (Lipinski definition) is 3. The summed E-state index contributed by atoms with van der Waals surface area (Å²) < 4.78 is 6.69. The average Bonchev–Trinajstić information content (AvgIpc) is 3.35. The molecule has 3 aliphatic rings. The lowest BCUT2D eigenvalue weighted by atomic mass is 9.75. The van der Waals surface area contributed by atoms with Crippen LogP contribution >= 0.6 is 0 Å². The summed E-state index contributed by atoms with van der Waals surface area (Å²) in [5.41, 5.74) is 1.93. The Hall–Kier alpha value is -1.68. The number of aliphatic hydroxyl groups excluding tert-OH is 1. The third kappa shape index (κ3) is 1.83. The number of benzene rings is 2. The first-order valence-corrected chi connectivity index (χ1v) is 9.02. The Morgan fingerprint density at radius 2 is 1.58 bits per heavy atom. The molecule has 2 bridgehead atoms. The van der Waals surface area contributed by atoms with Crippen molar-refractivity contribution in [3.8, 4) is 0 Å². The predicted molar refractivity (Wildman–Crippen MR) is 92.4 cm³/mol. The smallest absolute Gasteiger partial charge is 0.136 e. The lowest BCUT2D eigenvalue weighted by Gasteiger charge is -2.39. The molecule has 2 aliphatic heterocycles. The van der Waals surface area contributed by atoms with Gasteiger partial charge in [-0.1, -0.05) is 60.7 Å². The zero-order chi connectivity index (χ0) is 16.1. The highest BCUT2D eigenvalue weighted by atomic mass is 16.6. The molecule has 0 radical (unpaired) electrons. The summed E-state index contributed by atoms with van der Waals surface area (Å²) in [7, 11) is 0. The van der Waals surface area contributed by atoms with Crippen molar-refractivity contribution < 1.29 is 9.84 Å². The molecule has 3 fully saturated rings. The molecule has 2 heterocycles. The summed E-state index contributed by atoms with van der Waals surface area (Å²) in [5.74, 6) is 0.645. The van der Waals surface area contributed by atoms with Gasteiger partial charge < -0.3 is 9.84 Å². The number of nitrogens with zero attached hydrogens (tertiary/aromatic N) is 1. The minimum absolute atomic E-state index is 0.0567. The minimum atomic E-state index is -0.476. The standard InChI is InChI=1S/C21H23NO2/c23-14-19-22-18-12-11-15(13-18)20(22)21(24-19,16-7-3-1-4-8-16)17-9-5-2-6-10-17/h1-10,15,18-20,23H,11-14H2/t15-,18+,19+,20-/m0/s1. The maximum absolute atomic E-state index is 10.0. The van der Waals surface area contributed by atoms with E-state index in [2.05, 4.69) is 65.6 Å². The topological polar surface area (TPSA) is 32.7 Å². The fourth-order valence-electron chi connectivity index (χ4n) is 5.47. The van der Waals surface area contributed by atoms with Crippen molar-refractivity contribution in [2.75, 3.05) is 6.61 Å². The number of rotatable bonds is 3. The molecular weight excluding hydrogens is 298 g/mol. The third-order valence-electron chi connectivity index (χ3n) is 6.27. The van der Waals surface area contributed by atoms with E-state index in [4.69, 9.17) is 4.74 Å². The Labute approximate surface area is 142 Å². The van der Waals surface area contributed by atoms with Crippen LogP contribution in [0, 0.1) is 5.92 Å². The van der Waals surface area contributed by atoms with Crippen LogP contribution in [-0.2, 0) is 10.3 Å². The van der Waals surface area contributed by atoms with Gasteiger partial charge in [0.2, 0.25) is 0 Å². The molecule has 0 aromatic heterocycles. The maximum Gasteiger partial charge on any atom is 0.136 e. The molecule has 2 aromatic rings. The average molecular weight is 321 g/mol. The fraction of sp³-hybridized carbons (Fsp3) is 0.429. The number of fused-ring (bicyclic) bond motifs is 5. The van der Waals surface area contributed by atoms with E-state index in [1.54, 1.807) is 0 Å². The Balaban J connectivity index is 1.73. The van der Waals surface area contributed by atoms with Crippen molar-refractivity contribution in [1.82, 2.24) is 4.90 Å². The van der Waals surface area contributed by atoms with Gasteiger partial charge in [0, 0.05) is 6.04 Å². The van der Waals surface area contributed by atoms with E-state index in [9.17, 15) is 5.11 Å². The molecule has 0 amide bonds. The van der Waals surface area contributed by atoms with E-state index in [-0.39, 0.29) is 12.8 Å². The van der Waals surface area contributed by atoms with Gasteiger partial charge in [0.15, 0.2) is 0 Å². The SMILES string of the molecule is OC[C@H]1OC(c2ccccc2)(c2ccccc2)[C@@H]2[C@H]3CC[C@H](C3)N21. The van der Waals surface area contributed by atoms with Crippen molar-refractivity contribution in [2.45, 2.75) is 43.2 Å². The summed E-state index contributed by atoms with van der Waals surface area (Å²) in [4.78, 5) is 2.48. The summed E-state index contributed by atoms with van der Waals surface area (Å²) >= 11 is 0. The Morgan fingerprint density at radius 3 is 2.17 bits per heavy atom. The van der Waals surface area contributed by atoms with E-state index in [0.29, 0.717) is 18.0 Å². The van der Waals surface area contributed by atoms with Crippen LogP contribution in [0.2, 0.25) is 0 Å². The first kappa shape index (κ1) is 14.6. The van der Waals surface area contributed by atoms with Gasteiger partial charge in [0.05, 0.1) is 12.6 Å². The van der Waals surface area contributed by atoms with E-state index in [1.807, 2.05) is 0 Å². The molecule has 1 saturated carbocycles. The zero-order valence-electron chi connectivity index (χ0n) is 13.7. The largest absolute Gasteiger partial charge is 0.392 e. The molecule has 2 aromatic carbocycles. The summed E-state index contributed by atoms with van der Waals surface area (Å²) in [6.45, 7) is 0.0567. The fourth-order valence-corrected chi connectivity index (χ4v) is 5.47. The molecule has 1 N–H and O–H groups in total. The van der Waals surface area contributed by atoms with Crippen LogP contribution in [0.15, 0.2) is 60.7 Å². The van der Waals surface area contributed by atoms with Crippen LogP contribution in [0.5, 0.6) is 0 Å². The minimum Gasteiger partial charge on any atom is -0.392 e. The Morgan fingerprint density at radius 1 is 0.958 bits per heavy atom. The third-order valence-corrected chi connectivity index (χ3v) is 6.27. The molecule has 24 heavy (non-hydrogen) atoms. The van der Waals surface area contributed by atoms with Gasteiger partial charge in [-0.05, 0) is 36.3 Å². The first-order chi connectivity index (χ1) is 11.8. The van der Waals surface area contributed by atoms with Gasteiger partial charge in [0.1, 0.15) is 11.8 Å². The molecule has 2 saturated heterocycles. The second kappa shape index (κ2) is 5.41. The highest BCUT2D eigenvalue weighted by Crippen LogP contribution is 2.58. The van der Waals surface area contributed by atoms with Crippen LogP contribution in [0.1, 0.15) is 30.4 Å². The highest BCUT2D eigenvalue weighted by molar-refractivity contribution is 5.41. The van der Waals surface area contributed by atoms with Crippen LogP contribution < -0.4 is 0 Å². The molecule has 0 spiro atoms. The Kier molecular flexibility index (Phi) is 3.30. The monoisotopic (exact) mass is 321 g/mol. The van der Waals surface area contributed by atoms with Gasteiger partial charge in [0.25, 0.3) is 0 Å². The van der Waals surface area contributed by atoms with Crippen LogP contribution in [-0.4, -0.2) is 34.9 Å². The van der Waals surface area contributed by atoms with Gasteiger partial charge in [-0.2, -0.15) is 0 Å². The van der Waals surface area contributed by atoms with Gasteiger partial charge in [-0.25, -0.2) is 0 Å². The van der Waals surface area contributed by atoms with Crippen molar-refractivity contribution in [3.05, 3.63) is 71.8 Å². The summed E-state index contributed by atoms with van der Waals surface area (Å²) in [6, 6.07) is 22.1. The maximum atomic E-state index is 10.0. The van der Waals surface area contributed by atoms with Crippen molar-refractivity contribution in [2.24, 2.45) is 5.92 Å². The molecule has 1 aliphatic carbocycles. The summed E-state index contributed by atoms with van der Waals surface area (Å²) in [6.07, 6.45) is 3.55. The number of ether oxygens (including phenoxy) is 1. The van der Waals surface area contributed by atoms with E-state index >= 15 is 0 Å². The van der Waals surface area contributed by atoms with E-state index in [0.717, 1.165) is 0 Å². The lowest BCUT2D eigenvalue weighted by molar-refractivity contribution is -0.0749. The highest BCUT2D eigenvalue weighted by Gasteiger charge is 2.64. The van der Waals surface area contributed by atoms with Crippen LogP contribution in [0.25, 0.3) is 0 Å². The Bertz CT molecular complexity index is 678. The number of hydrogen-bond donors (Lipinski definition) is 1. The molecule has 5 rings (SSSR count).